The number of β-lactam (4-membered cyclic amide) rings is 1. The number of carboxylic acids is 1. The van der Waals surface area contributed by atoms with Gasteiger partial charge in [-0.2, -0.15) is 0 Å². The average molecular weight is 524 g/mol. The van der Waals surface area contributed by atoms with Crippen LogP contribution in [0.4, 0.5) is 0 Å². The Morgan fingerprint density at radius 3 is 2.60 bits per heavy atom. The Morgan fingerprint density at radius 2 is 1.94 bits per heavy atom. The molecule has 0 aliphatic carbocycles. The molecular weight excluding hydrogens is 490 g/mol. The predicted molar refractivity (Wildman–Crippen MR) is 133 cm³/mol. The molecule has 0 aromatic carbocycles. The van der Waals surface area contributed by atoms with Crippen LogP contribution in [-0.2, 0) is 19.2 Å². The summed E-state index contributed by atoms with van der Waals surface area (Å²) in [7, 11) is 0. The number of rotatable bonds is 7. The molecule has 0 unspecified atom stereocenters. The number of likely N-dealkylation sites (tertiary alicyclic amines) is 1. The van der Waals surface area contributed by atoms with Crippen LogP contribution in [0.25, 0.3) is 0 Å². The van der Waals surface area contributed by atoms with Gasteiger partial charge in [-0.05, 0) is 26.2 Å². The number of aliphatic carboxylic acids is 1. The van der Waals surface area contributed by atoms with Gasteiger partial charge in [-0.25, -0.2) is 4.79 Å². The minimum atomic E-state index is -1.10. The molecule has 4 N–H and O–H groups in total. The quantitative estimate of drug-likeness (QED) is 0.341. The standard InChI is InChI=1S/C23H33N5O5S2/c1-11-17-16(12(2)26-20(29)15-9-34-10-25-15)22(31)28(17)18(23(32)33)19(11)35-13-7-14(24-8-13)21(30)27-5-3-4-6-27/h11-17,24-25H,3-10H2,1-2H3,(H,26,29)(H,32,33)/t11-,12-,13+,14+,15+,16-,17-/m1/s1. The van der Waals surface area contributed by atoms with Gasteiger partial charge in [0.15, 0.2) is 0 Å². The molecule has 5 aliphatic rings. The van der Waals surface area contributed by atoms with Crippen LogP contribution in [0.5, 0.6) is 0 Å². The Balaban J connectivity index is 1.25. The number of fused-ring (bicyclic) bond motifs is 1. The van der Waals surface area contributed by atoms with Gasteiger partial charge in [0.2, 0.25) is 17.7 Å². The molecule has 7 atom stereocenters. The molecule has 0 aromatic heterocycles. The fourth-order valence-electron chi connectivity index (χ4n) is 5.99. The molecule has 4 fully saturated rings. The number of amides is 3. The molecule has 5 heterocycles. The molecule has 0 bridgehead atoms. The zero-order valence-electron chi connectivity index (χ0n) is 20.0. The number of thioether (sulfide) groups is 2. The van der Waals surface area contributed by atoms with Crippen molar-refractivity contribution < 1.29 is 24.3 Å². The van der Waals surface area contributed by atoms with Crippen LogP contribution in [0.1, 0.15) is 33.1 Å². The van der Waals surface area contributed by atoms with E-state index in [1.54, 1.807) is 11.8 Å². The lowest BCUT2D eigenvalue weighted by Gasteiger charge is -2.47. The summed E-state index contributed by atoms with van der Waals surface area (Å²) in [5.41, 5.74) is 0.0652. The van der Waals surface area contributed by atoms with E-state index in [1.807, 2.05) is 18.7 Å². The highest BCUT2D eigenvalue weighted by Crippen LogP contribution is 2.51. The number of hydrogen-bond acceptors (Lipinski definition) is 8. The van der Waals surface area contributed by atoms with Gasteiger partial charge in [0.1, 0.15) is 5.70 Å². The first-order valence-electron chi connectivity index (χ1n) is 12.4. The molecule has 5 aliphatic heterocycles. The van der Waals surface area contributed by atoms with Crippen molar-refractivity contribution in [1.29, 1.82) is 0 Å². The first-order chi connectivity index (χ1) is 16.8. The highest BCUT2D eigenvalue weighted by atomic mass is 32.2. The number of nitrogens with zero attached hydrogens (tertiary/aromatic N) is 2. The van der Waals surface area contributed by atoms with Gasteiger partial charge < -0.3 is 25.5 Å². The minimum absolute atomic E-state index is 0.0636. The lowest BCUT2D eigenvalue weighted by Crippen LogP contribution is -2.66. The molecule has 10 nitrogen and oxygen atoms in total. The van der Waals surface area contributed by atoms with Gasteiger partial charge in [0.05, 0.1) is 24.0 Å². The molecule has 12 heteroatoms. The number of carbonyl (C=O) groups is 4. The van der Waals surface area contributed by atoms with Crippen LogP contribution in [-0.4, -0.2) is 99.3 Å². The molecule has 35 heavy (non-hydrogen) atoms. The second-order valence-corrected chi connectivity index (χ2v) is 12.4. The summed E-state index contributed by atoms with van der Waals surface area (Å²) in [4.78, 5) is 54.7. The largest absolute Gasteiger partial charge is 0.477 e. The van der Waals surface area contributed by atoms with Crippen LogP contribution in [0.15, 0.2) is 10.6 Å². The van der Waals surface area contributed by atoms with Gasteiger partial charge in [-0.15, -0.1) is 23.5 Å². The molecule has 0 saturated carbocycles. The Bertz CT molecular complexity index is 949. The smallest absolute Gasteiger partial charge is 0.353 e. The molecule has 0 radical (unpaired) electrons. The van der Waals surface area contributed by atoms with Crippen LogP contribution in [0, 0.1) is 11.8 Å². The monoisotopic (exact) mass is 523 g/mol. The highest BCUT2D eigenvalue weighted by molar-refractivity contribution is 8.03. The number of carbonyl (C=O) groups excluding carboxylic acids is 3. The topological polar surface area (TPSA) is 131 Å². The second-order valence-electron chi connectivity index (χ2n) is 10.1. The zero-order chi connectivity index (χ0) is 24.9. The summed E-state index contributed by atoms with van der Waals surface area (Å²) >= 11 is 3.15. The predicted octanol–water partition coefficient (Wildman–Crippen LogP) is 0.0126. The van der Waals surface area contributed by atoms with E-state index in [0.717, 1.165) is 31.8 Å². The lowest BCUT2D eigenvalue weighted by atomic mass is 9.78. The average Bonchev–Trinajstić information content (AvgIpc) is 3.62. The molecular formula is C23H33N5O5S2. The van der Waals surface area contributed by atoms with Gasteiger partial charge in [-0.1, -0.05) is 6.92 Å². The van der Waals surface area contributed by atoms with Crippen LogP contribution in [0.3, 0.4) is 0 Å². The third kappa shape index (κ3) is 4.47. The Hall–Kier alpha value is -1.76. The van der Waals surface area contributed by atoms with Gasteiger partial charge >= 0.3 is 5.97 Å². The maximum Gasteiger partial charge on any atom is 0.353 e. The summed E-state index contributed by atoms with van der Waals surface area (Å²) in [5, 5.41) is 19.5. The number of carboxylic acid groups (broad SMARTS) is 1. The van der Waals surface area contributed by atoms with Crippen molar-refractivity contribution >= 4 is 47.2 Å². The van der Waals surface area contributed by atoms with E-state index >= 15 is 0 Å². The van der Waals surface area contributed by atoms with Crippen molar-refractivity contribution in [3.8, 4) is 0 Å². The first kappa shape index (κ1) is 24.9. The first-order valence-corrected chi connectivity index (χ1v) is 14.4. The number of hydrogen-bond donors (Lipinski definition) is 4. The lowest BCUT2D eigenvalue weighted by molar-refractivity contribution is -0.158. The zero-order valence-corrected chi connectivity index (χ0v) is 21.6. The third-order valence-corrected chi connectivity index (χ3v) is 10.3. The van der Waals surface area contributed by atoms with Crippen molar-refractivity contribution in [1.82, 2.24) is 25.8 Å². The van der Waals surface area contributed by atoms with E-state index < -0.39 is 11.9 Å². The maximum atomic E-state index is 13.1. The van der Waals surface area contributed by atoms with Crippen LogP contribution in [0.2, 0.25) is 0 Å². The van der Waals surface area contributed by atoms with Gasteiger partial charge in [0, 0.05) is 53.4 Å². The van der Waals surface area contributed by atoms with Crippen LogP contribution >= 0.6 is 23.5 Å². The molecule has 0 spiro atoms. The van der Waals surface area contributed by atoms with E-state index in [-0.39, 0.29) is 58.8 Å². The summed E-state index contributed by atoms with van der Waals surface area (Å²) in [6, 6.07) is -1.17. The maximum absolute atomic E-state index is 13.1. The summed E-state index contributed by atoms with van der Waals surface area (Å²) < 4.78 is 0. The van der Waals surface area contributed by atoms with Crippen molar-refractivity contribution in [2.24, 2.45) is 11.8 Å². The van der Waals surface area contributed by atoms with Gasteiger partial charge in [-0.3, -0.25) is 19.7 Å². The molecule has 4 saturated heterocycles. The van der Waals surface area contributed by atoms with E-state index in [4.69, 9.17) is 0 Å². The fourth-order valence-corrected chi connectivity index (χ4v) is 8.41. The van der Waals surface area contributed by atoms with Crippen molar-refractivity contribution in [2.75, 3.05) is 31.3 Å². The van der Waals surface area contributed by atoms with E-state index in [1.165, 1.54) is 16.7 Å². The summed E-state index contributed by atoms with van der Waals surface area (Å²) in [6.07, 6.45) is 2.74. The third-order valence-electron chi connectivity index (χ3n) is 7.83. The fraction of sp³-hybridized carbons (Fsp3) is 0.739. The second kappa shape index (κ2) is 9.95. The summed E-state index contributed by atoms with van der Waals surface area (Å²) in [6.45, 7) is 6.04. The van der Waals surface area contributed by atoms with Crippen LogP contribution < -0.4 is 16.0 Å². The van der Waals surface area contributed by atoms with E-state index in [2.05, 4.69) is 16.0 Å². The van der Waals surface area contributed by atoms with E-state index in [9.17, 15) is 24.3 Å². The summed E-state index contributed by atoms with van der Waals surface area (Å²) in [5.74, 6) is -0.512. The Kier molecular flexibility index (Phi) is 7.08. The normalized spacial score (nSPS) is 35.3. The Morgan fingerprint density at radius 1 is 1.20 bits per heavy atom. The molecule has 192 valence electrons. The molecule has 3 amide bonds. The molecule has 0 aromatic rings. The highest BCUT2D eigenvalue weighted by Gasteiger charge is 2.60. The Labute approximate surface area is 213 Å². The van der Waals surface area contributed by atoms with E-state index in [0.29, 0.717) is 23.6 Å². The van der Waals surface area contributed by atoms with Crippen molar-refractivity contribution in [3.05, 3.63) is 10.6 Å². The van der Waals surface area contributed by atoms with Crippen molar-refractivity contribution in [3.63, 3.8) is 0 Å². The minimum Gasteiger partial charge on any atom is -0.477 e. The SMILES string of the molecule is C[C@@H](NC(=O)[C@@H]1CSCN1)[C@H]1C(=O)N2C(C(=O)O)=C(S[C@@H]3CN[C@H](C(=O)N4CCCC4)C3)[C@H](C)[C@H]12. The van der Waals surface area contributed by atoms with Gasteiger partial charge in [0.25, 0.3) is 0 Å². The number of nitrogens with one attached hydrogen (secondary N) is 3. The van der Waals surface area contributed by atoms with Crippen molar-refractivity contribution in [2.45, 2.75) is 62.5 Å². The molecule has 5 rings (SSSR count).